The van der Waals surface area contributed by atoms with E-state index < -0.39 is 0 Å². The van der Waals surface area contributed by atoms with Crippen molar-refractivity contribution in [3.05, 3.63) is 66.5 Å². The maximum Gasteiger partial charge on any atom is 0.235 e. The van der Waals surface area contributed by atoms with Gasteiger partial charge < -0.3 is 10.7 Å². The van der Waals surface area contributed by atoms with Crippen molar-refractivity contribution in [1.82, 2.24) is 9.55 Å². The molecule has 0 bridgehead atoms. The first-order chi connectivity index (χ1) is 10.7. The van der Waals surface area contributed by atoms with Crippen molar-refractivity contribution in [3.8, 4) is 0 Å². The normalized spacial score (nSPS) is 11.3. The van der Waals surface area contributed by atoms with Crippen molar-refractivity contribution in [2.45, 2.75) is 6.42 Å². The zero-order chi connectivity index (χ0) is 15.1. The summed E-state index contributed by atoms with van der Waals surface area (Å²) in [5.41, 5.74) is 9.53. The molecule has 0 spiro atoms. The van der Waals surface area contributed by atoms with Crippen LogP contribution >= 0.6 is 0 Å². The highest BCUT2D eigenvalue weighted by molar-refractivity contribution is 5.98. The van der Waals surface area contributed by atoms with Gasteiger partial charge in [0.15, 0.2) is 0 Å². The van der Waals surface area contributed by atoms with Crippen molar-refractivity contribution in [1.29, 1.82) is 0 Å². The molecular formula is C18H15N3O. The van der Waals surface area contributed by atoms with E-state index in [2.05, 4.69) is 4.98 Å². The molecule has 4 heteroatoms. The molecule has 0 aliphatic rings. The molecule has 4 nitrogen and oxygen atoms in total. The molecule has 0 aliphatic carbocycles. The minimum absolute atomic E-state index is 0.0338. The predicted octanol–water partition coefficient (Wildman–Crippen LogP) is 3.59. The molecule has 0 atom stereocenters. The van der Waals surface area contributed by atoms with E-state index in [0.717, 1.165) is 27.4 Å². The van der Waals surface area contributed by atoms with E-state index in [-0.39, 0.29) is 5.91 Å². The van der Waals surface area contributed by atoms with E-state index in [9.17, 15) is 4.79 Å². The summed E-state index contributed by atoms with van der Waals surface area (Å²) in [6.07, 6.45) is 4.04. The van der Waals surface area contributed by atoms with Crippen LogP contribution in [0.25, 0.3) is 21.8 Å². The maximum absolute atomic E-state index is 12.6. The number of hydrogen-bond donors (Lipinski definition) is 2. The highest BCUT2D eigenvalue weighted by atomic mass is 16.2. The fourth-order valence-corrected chi connectivity index (χ4v) is 2.87. The van der Waals surface area contributed by atoms with Gasteiger partial charge in [0.05, 0.1) is 11.9 Å². The van der Waals surface area contributed by atoms with Crippen LogP contribution in [-0.2, 0) is 6.42 Å². The summed E-state index contributed by atoms with van der Waals surface area (Å²) >= 11 is 0. The summed E-state index contributed by atoms with van der Waals surface area (Å²) in [6.45, 7) is 0. The van der Waals surface area contributed by atoms with Gasteiger partial charge in [-0.05, 0) is 41.3 Å². The molecule has 2 heterocycles. The van der Waals surface area contributed by atoms with E-state index in [1.807, 2.05) is 54.7 Å². The second-order valence-electron chi connectivity index (χ2n) is 5.44. The van der Waals surface area contributed by atoms with Gasteiger partial charge in [0.25, 0.3) is 0 Å². The minimum atomic E-state index is 0.0338. The number of hydrogen-bond acceptors (Lipinski definition) is 2. The van der Waals surface area contributed by atoms with Crippen molar-refractivity contribution in [2.24, 2.45) is 0 Å². The Labute approximate surface area is 127 Å². The molecule has 0 saturated heterocycles. The van der Waals surface area contributed by atoms with Gasteiger partial charge in [0, 0.05) is 29.0 Å². The van der Waals surface area contributed by atoms with Crippen molar-refractivity contribution < 1.29 is 4.79 Å². The van der Waals surface area contributed by atoms with E-state index >= 15 is 0 Å². The predicted molar refractivity (Wildman–Crippen MR) is 89.0 cm³/mol. The van der Waals surface area contributed by atoms with Crippen LogP contribution in [0.3, 0.4) is 0 Å². The molecular weight excluding hydrogens is 274 g/mol. The molecule has 0 aliphatic heterocycles. The minimum Gasteiger partial charge on any atom is -0.398 e. The first-order valence-corrected chi connectivity index (χ1v) is 7.17. The van der Waals surface area contributed by atoms with Gasteiger partial charge in [-0.15, -0.1) is 0 Å². The summed E-state index contributed by atoms with van der Waals surface area (Å²) in [6, 6.07) is 15.6. The van der Waals surface area contributed by atoms with Gasteiger partial charge in [-0.3, -0.25) is 9.36 Å². The molecule has 22 heavy (non-hydrogen) atoms. The smallest absolute Gasteiger partial charge is 0.235 e. The maximum atomic E-state index is 12.6. The average molecular weight is 289 g/mol. The Bertz CT molecular complexity index is 994. The molecule has 0 fully saturated rings. The SMILES string of the molecule is Nc1cccc2c1ccn2C(=O)Cc1ccc2cc[nH]c2c1. The third kappa shape index (κ3) is 1.97. The van der Waals surface area contributed by atoms with E-state index in [1.54, 1.807) is 10.8 Å². The fourth-order valence-electron chi connectivity index (χ4n) is 2.87. The molecule has 0 unspecified atom stereocenters. The lowest BCUT2D eigenvalue weighted by Crippen LogP contribution is -2.12. The quantitative estimate of drug-likeness (QED) is 0.554. The number of aromatic amines is 1. The summed E-state index contributed by atoms with van der Waals surface area (Å²) in [4.78, 5) is 15.8. The zero-order valence-electron chi connectivity index (χ0n) is 11.9. The van der Waals surface area contributed by atoms with Crippen LogP contribution in [0.15, 0.2) is 60.9 Å². The number of nitrogens with zero attached hydrogens (tertiary/aromatic N) is 1. The standard InChI is InChI=1S/C18H15N3O/c19-15-2-1-3-17-14(15)7-9-21(17)18(22)11-12-4-5-13-6-8-20-16(13)10-12/h1-10,20H,11,19H2. The van der Waals surface area contributed by atoms with Crippen LogP contribution in [-0.4, -0.2) is 15.5 Å². The first kappa shape index (κ1) is 12.7. The lowest BCUT2D eigenvalue weighted by Gasteiger charge is -2.05. The Morgan fingerprint density at radius 1 is 1.14 bits per heavy atom. The van der Waals surface area contributed by atoms with Crippen molar-refractivity contribution >= 4 is 33.4 Å². The number of carbonyl (C=O) groups is 1. The number of anilines is 1. The summed E-state index contributed by atoms with van der Waals surface area (Å²) in [7, 11) is 0. The molecule has 0 saturated carbocycles. The Morgan fingerprint density at radius 3 is 2.95 bits per heavy atom. The van der Waals surface area contributed by atoms with Crippen LogP contribution < -0.4 is 5.73 Å². The molecule has 2 aromatic heterocycles. The Balaban J connectivity index is 1.69. The number of nitrogen functional groups attached to an aromatic ring is 1. The number of H-pyrrole nitrogens is 1. The van der Waals surface area contributed by atoms with Gasteiger partial charge in [-0.2, -0.15) is 0 Å². The second-order valence-corrected chi connectivity index (χ2v) is 5.44. The Kier molecular flexibility index (Phi) is 2.76. The monoisotopic (exact) mass is 289 g/mol. The fraction of sp³-hybridized carbons (Fsp3) is 0.0556. The largest absolute Gasteiger partial charge is 0.398 e. The molecule has 0 radical (unpaired) electrons. The lowest BCUT2D eigenvalue weighted by molar-refractivity contribution is 0.0919. The van der Waals surface area contributed by atoms with Gasteiger partial charge in [-0.25, -0.2) is 0 Å². The average Bonchev–Trinajstić information content (AvgIpc) is 3.13. The molecule has 2 aromatic carbocycles. The summed E-state index contributed by atoms with van der Waals surface area (Å²) < 4.78 is 1.67. The molecule has 0 amide bonds. The number of fused-ring (bicyclic) bond motifs is 2. The first-order valence-electron chi connectivity index (χ1n) is 7.17. The number of aromatic nitrogens is 2. The number of carbonyl (C=O) groups excluding carboxylic acids is 1. The lowest BCUT2D eigenvalue weighted by atomic mass is 10.1. The van der Waals surface area contributed by atoms with Crippen LogP contribution in [0, 0.1) is 0 Å². The van der Waals surface area contributed by atoms with Crippen LogP contribution in [0.5, 0.6) is 0 Å². The third-order valence-electron chi connectivity index (χ3n) is 4.01. The Hall–Kier alpha value is -3.01. The summed E-state index contributed by atoms with van der Waals surface area (Å²) in [5, 5.41) is 2.06. The van der Waals surface area contributed by atoms with Gasteiger partial charge in [0.2, 0.25) is 5.91 Å². The van der Waals surface area contributed by atoms with E-state index in [0.29, 0.717) is 12.1 Å². The number of nitrogens with one attached hydrogen (secondary N) is 1. The topological polar surface area (TPSA) is 63.8 Å². The zero-order valence-corrected chi connectivity index (χ0v) is 11.9. The van der Waals surface area contributed by atoms with Crippen LogP contribution in [0.1, 0.15) is 10.4 Å². The van der Waals surface area contributed by atoms with Crippen LogP contribution in [0.2, 0.25) is 0 Å². The number of benzene rings is 2. The summed E-state index contributed by atoms with van der Waals surface area (Å²) in [5.74, 6) is 0.0338. The number of nitrogens with two attached hydrogens (primary N) is 1. The van der Waals surface area contributed by atoms with Gasteiger partial charge in [0.1, 0.15) is 0 Å². The highest BCUT2D eigenvalue weighted by Gasteiger charge is 2.11. The van der Waals surface area contributed by atoms with Crippen molar-refractivity contribution in [3.63, 3.8) is 0 Å². The Morgan fingerprint density at radius 2 is 2.05 bits per heavy atom. The highest BCUT2D eigenvalue weighted by Crippen LogP contribution is 2.22. The van der Waals surface area contributed by atoms with Crippen LogP contribution in [0.4, 0.5) is 5.69 Å². The van der Waals surface area contributed by atoms with Crippen molar-refractivity contribution in [2.75, 3.05) is 5.73 Å². The van der Waals surface area contributed by atoms with E-state index in [1.165, 1.54) is 0 Å². The van der Waals surface area contributed by atoms with Gasteiger partial charge in [-0.1, -0.05) is 18.2 Å². The molecule has 4 rings (SSSR count). The molecule has 108 valence electrons. The molecule has 3 N–H and O–H groups in total. The number of rotatable bonds is 2. The van der Waals surface area contributed by atoms with Gasteiger partial charge >= 0.3 is 0 Å². The molecule has 4 aromatic rings. The second kappa shape index (κ2) is 4.77. The van der Waals surface area contributed by atoms with E-state index in [4.69, 9.17) is 5.73 Å². The third-order valence-corrected chi connectivity index (χ3v) is 4.01.